The molecule has 2 aromatic rings. The molecule has 1 aromatic carbocycles. The van der Waals surface area contributed by atoms with Crippen LogP contribution >= 0.6 is 23.1 Å². The summed E-state index contributed by atoms with van der Waals surface area (Å²) < 4.78 is 0. The van der Waals surface area contributed by atoms with Gasteiger partial charge in [0.1, 0.15) is 0 Å². The van der Waals surface area contributed by atoms with Crippen molar-refractivity contribution in [2.24, 2.45) is 0 Å². The van der Waals surface area contributed by atoms with E-state index in [1.54, 1.807) is 28.0 Å². The van der Waals surface area contributed by atoms with Crippen LogP contribution in [0.1, 0.15) is 12.8 Å². The standard InChI is InChI=1S/C18H18N4O2S2/c23-15-5-6-18(22(15)13-3-1-2-4-14(13)26-18)16(24)20-8-10-21(11-9-20)17-19-7-12-25-17/h1-4,7,12H,5-6,8-11H2. The van der Waals surface area contributed by atoms with E-state index in [4.69, 9.17) is 0 Å². The fourth-order valence-electron chi connectivity index (χ4n) is 4.00. The molecule has 0 spiro atoms. The average Bonchev–Trinajstić information content (AvgIpc) is 3.38. The number of hydrogen-bond acceptors (Lipinski definition) is 6. The summed E-state index contributed by atoms with van der Waals surface area (Å²) in [5.74, 6) is 0.126. The van der Waals surface area contributed by atoms with E-state index in [9.17, 15) is 9.59 Å². The van der Waals surface area contributed by atoms with Crippen LogP contribution in [0.5, 0.6) is 0 Å². The quantitative estimate of drug-likeness (QED) is 0.793. The van der Waals surface area contributed by atoms with Crippen molar-refractivity contribution in [3.63, 3.8) is 0 Å². The first-order chi connectivity index (χ1) is 12.7. The molecule has 2 fully saturated rings. The highest BCUT2D eigenvalue weighted by molar-refractivity contribution is 8.02. The normalized spacial score (nSPS) is 24.8. The molecule has 0 radical (unpaired) electrons. The number of piperazine rings is 1. The van der Waals surface area contributed by atoms with Crippen molar-refractivity contribution in [1.82, 2.24) is 9.88 Å². The summed E-state index contributed by atoms with van der Waals surface area (Å²) in [4.78, 5) is 36.5. The lowest BCUT2D eigenvalue weighted by Crippen LogP contribution is -2.58. The number of nitrogens with zero attached hydrogens (tertiary/aromatic N) is 4. The van der Waals surface area contributed by atoms with E-state index in [1.807, 2.05) is 40.7 Å². The second kappa shape index (κ2) is 5.99. The average molecular weight is 387 g/mol. The van der Waals surface area contributed by atoms with Crippen LogP contribution in [-0.4, -0.2) is 52.7 Å². The highest BCUT2D eigenvalue weighted by Gasteiger charge is 2.58. The van der Waals surface area contributed by atoms with Gasteiger partial charge in [-0.05, 0) is 18.6 Å². The number of carbonyl (C=O) groups excluding carboxylic acids is 2. The molecule has 1 atom stereocenters. The second-order valence-electron chi connectivity index (χ2n) is 6.68. The highest BCUT2D eigenvalue weighted by atomic mass is 32.2. The Balaban J connectivity index is 1.38. The molecular weight excluding hydrogens is 368 g/mol. The molecule has 1 aromatic heterocycles. The summed E-state index contributed by atoms with van der Waals surface area (Å²) in [7, 11) is 0. The Kier molecular flexibility index (Phi) is 3.72. The molecule has 2 amide bonds. The number of hydrogen-bond donors (Lipinski definition) is 0. The summed E-state index contributed by atoms with van der Waals surface area (Å²) in [6, 6.07) is 7.84. The molecule has 0 saturated carbocycles. The third-order valence-corrected chi connectivity index (χ3v) is 7.56. The smallest absolute Gasteiger partial charge is 0.259 e. The zero-order valence-electron chi connectivity index (χ0n) is 14.1. The van der Waals surface area contributed by atoms with Crippen molar-refractivity contribution >= 4 is 45.7 Å². The van der Waals surface area contributed by atoms with Gasteiger partial charge in [-0.25, -0.2) is 4.98 Å². The molecular formula is C18H18N4O2S2. The van der Waals surface area contributed by atoms with Crippen molar-refractivity contribution in [3.8, 4) is 0 Å². The van der Waals surface area contributed by atoms with Gasteiger partial charge in [0, 0.05) is 49.1 Å². The Morgan fingerprint density at radius 2 is 1.96 bits per heavy atom. The molecule has 6 nitrogen and oxygen atoms in total. The number of anilines is 2. The van der Waals surface area contributed by atoms with Crippen LogP contribution < -0.4 is 9.80 Å². The topological polar surface area (TPSA) is 56.8 Å². The molecule has 26 heavy (non-hydrogen) atoms. The Morgan fingerprint density at radius 1 is 1.15 bits per heavy atom. The molecule has 3 aliphatic heterocycles. The van der Waals surface area contributed by atoms with E-state index in [0.717, 1.165) is 28.8 Å². The Bertz CT molecular complexity index is 864. The molecule has 8 heteroatoms. The molecule has 1 unspecified atom stereocenters. The van der Waals surface area contributed by atoms with Crippen LogP contribution in [0, 0.1) is 0 Å². The van der Waals surface area contributed by atoms with E-state index in [1.165, 1.54) is 0 Å². The minimum Gasteiger partial charge on any atom is -0.345 e. The van der Waals surface area contributed by atoms with Gasteiger partial charge < -0.3 is 9.80 Å². The summed E-state index contributed by atoms with van der Waals surface area (Å²) in [5.41, 5.74) is 0.884. The maximum atomic E-state index is 13.5. The number of fused-ring (bicyclic) bond motifs is 3. The predicted octanol–water partition coefficient (Wildman–Crippen LogP) is 2.42. The van der Waals surface area contributed by atoms with Gasteiger partial charge in [0.25, 0.3) is 5.91 Å². The lowest BCUT2D eigenvalue weighted by molar-refractivity contribution is -0.134. The number of thiazole rings is 1. The molecule has 0 aliphatic carbocycles. The van der Waals surface area contributed by atoms with E-state index in [-0.39, 0.29) is 11.8 Å². The van der Waals surface area contributed by atoms with Crippen LogP contribution in [0.3, 0.4) is 0 Å². The Hall–Kier alpha value is -2.06. The molecule has 4 heterocycles. The minimum atomic E-state index is -0.788. The summed E-state index contributed by atoms with van der Waals surface area (Å²) >= 11 is 3.17. The third kappa shape index (κ3) is 2.28. The second-order valence-corrected chi connectivity index (χ2v) is 8.87. The van der Waals surface area contributed by atoms with Gasteiger partial charge in [-0.3, -0.25) is 14.5 Å². The van der Waals surface area contributed by atoms with Crippen molar-refractivity contribution in [3.05, 3.63) is 35.8 Å². The molecule has 2 saturated heterocycles. The number of amides is 2. The molecule has 0 bridgehead atoms. The van der Waals surface area contributed by atoms with Crippen molar-refractivity contribution in [1.29, 1.82) is 0 Å². The number of thioether (sulfide) groups is 1. The van der Waals surface area contributed by atoms with Crippen LogP contribution in [0.15, 0.2) is 40.7 Å². The van der Waals surface area contributed by atoms with Crippen LogP contribution in [-0.2, 0) is 9.59 Å². The SMILES string of the molecule is O=C1CCC2(C(=O)N3CCN(c4nccs4)CC3)Sc3ccccc3N12. The first kappa shape index (κ1) is 16.1. The maximum absolute atomic E-state index is 13.5. The predicted molar refractivity (Wildman–Crippen MR) is 103 cm³/mol. The molecule has 5 rings (SSSR count). The number of benzene rings is 1. The lowest BCUT2D eigenvalue weighted by Gasteiger charge is -2.40. The largest absolute Gasteiger partial charge is 0.345 e. The molecule has 0 N–H and O–H groups in total. The fourth-order valence-corrected chi connectivity index (χ4v) is 6.19. The summed E-state index contributed by atoms with van der Waals surface area (Å²) in [6.45, 7) is 2.89. The van der Waals surface area contributed by atoms with E-state index in [0.29, 0.717) is 25.9 Å². The van der Waals surface area contributed by atoms with Gasteiger partial charge in [0.15, 0.2) is 10.0 Å². The lowest BCUT2D eigenvalue weighted by atomic mass is 10.1. The van der Waals surface area contributed by atoms with Gasteiger partial charge in [0.05, 0.1) is 5.69 Å². The highest BCUT2D eigenvalue weighted by Crippen LogP contribution is 2.56. The minimum absolute atomic E-state index is 0.0530. The summed E-state index contributed by atoms with van der Waals surface area (Å²) in [5, 5.41) is 2.98. The van der Waals surface area contributed by atoms with Gasteiger partial charge in [0.2, 0.25) is 5.91 Å². The number of carbonyl (C=O) groups is 2. The maximum Gasteiger partial charge on any atom is 0.259 e. The Morgan fingerprint density at radius 3 is 2.73 bits per heavy atom. The van der Waals surface area contributed by atoms with E-state index < -0.39 is 4.87 Å². The molecule has 134 valence electrons. The van der Waals surface area contributed by atoms with Gasteiger partial charge in [-0.15, -0.1) is 11.3 Å². The Labute approximate surface area is 159 Å². The van der Waals surface area contributed by atoms with Crippen molar-refractivity contribution in [2.75, 3.05) is 36.0 Å². The third-order valence-electron chi connectivity index (χ3n) is 5.26. The zero-order valence-corrected chi connectivity index (χ0v) is 15.8. The van der Waals surface area contributed by atoms with Gasteiger partial charge >= 0.3 is 0 Å². The summed E-state index contributed by atoms with van der Waals surface area (Å²) in [6.07, 6.45) is 2.83. The van der Waals surface area contributed by atoms with Gasteiger partial charge in [-0.1, -0.05) is 23.9 Å². The number of para-hydroxylation sites is 1. The van der Waals surface area contributed by atoms with Crippen LogP contribution in [0.2, 0.25) is 0 Å². The number of aromatic nitrogens is 1. The van der Waals surface area contributed by atoms with Crippen LogP contribution in [0.4, 0.5) is 10.8 Å². The van der Waals surface area contributed by atoms with Gasteiger partial charge in [-0.2, -0.15) is 0 Å². The first-order valence-corrected chi connectivity index (χ1v) is 10.4. The van der Waals surface area contributed by atoms with Crippen molar-refractivity contribution < 1.29 is 9.59 Å². The van der Waals surface area contributed by atoms with E-state index in [2.05, 4.69) is 9.88 Å². The zero-order chi connectivity index (χ0) is 17.7. The monoisotopic (exact) mass is 386 g/mol. The van der Waals surface area contributed by atoms with Crippen molar-refractivity contribution in [2.45, 2.75) is 22.6 Å². The van der Waals surface area contributed by atoms with Crippen LogP contribution in [0.25, 0.3) is 0 Å². The fraction of sp³-hybridized carbons (Fsp3) is 0.389. The number of rotatable bonds is 2. The van der Waals surface area contributed by atoms with E-state index >= 15 is 0 Å². The molecule has 3 aliphatic rings. The first-order valence-electron chi connectivity index (χ1n) is 8.74.